The third-order valence-electron chi connectivity index (χ3n) is 0.950. The molecule has 0 aliphatic carbocycles. The van der Waals surface area contributed by atoms with Gasteiger partial charge in [0.05, 0.1) is 13.2 Å². The van der Waals surface area contributed by atoms with Gasteiger partial charge in [0, 0.05) is 0 Å². The Labute approximate surface area is 70.3 Å². The zero-order valence-corrected chi connectivity index (χ0v) is 6.51. The molecule has 0 spiro atoms. The predicted octanol–water partition coefficient (Wildman–Crippen LogP) is 0.0688. The minimum absolute atomic E-state index is 0.125. The Morgan fingerprint density at radius 2 is 1.00 bits per heavy atom. The molecule has 0 heterocycles. The maximum atomic E-state index is 8.65. The Morgan fingerprint density at radius 3 is 1.17 bits per heavy atom. The molecule has 0 bridgehead atoms. The number of aromatic hydroxyl groups is 2. The molecule has 4 N–H and O–H groups in total. The first-order valence-corrected chi connectivity index (χ1v) is 3.40. The highest BCUT2D eigenvalue weighted by atomic mass is 16.3. The summed E-state index contributed by atoms with van der Waals surface area (Å²) in [5.41, 5.74) is 0. The molecule has 0 unspecified atom stereocenters. The largest absolute Gasteiger partial charge is 0.508 e. The first-order valence-electron chi connectivity index (χ1n) is 3.40. The van der Waals surface area contributed by atoms with E-state index in [2.05, 4.69) is 0 Å². The molecule has 0 saturated carbocycles. The van der Waals surface area contributed by atoms with Gasteiger partial charge in [-0.2, -0.15) is 0 Å². The Bertz CT molecular complexity index is 172. The van der Waals surface area contributed by atoms with Crippen molar-refractivity contribution in [3.8, 4) is 11.5 Å². The average Bonchev–Trinajstić information content (AvgIpc) is 2.11. The van der Waals surface area contributed by atoms with Gasteiger partial charge in [0.2, 0.25) is 0 Å². The Kier molecular flexibility index (Phi) is 5.77. The molecular weight excluding hydrogens is 160 g/mol. The predicted molar refractivity (Wildman–Crippen MR) is 43.9 cm³/mol. The number of benzene rings is 1. The van der Waals surface area contributed by atoms with Crippen molar-refractivity contribution < 1.29 is 20.4 Å². The van der Waals surface area contributed by atoms with Gasteiger partial charge in [0.15, 0.2) is 0 Å². The van der Waals surface area contributed by atoms with Crippen molar-refractivity contribution in [2.24, 2.45) is 0 Å². The van der Waals surface area contributed by atoms with Gasteiger partial charge < -0.3 is 20.4 Å². The monoisotopic (exact) mass is 172 g/mol. The van der Waals surface area contributed by atoms with E-state index in [4.69, 9.17) is 20.4 Å². The van der Waals surface area contributed by atoms with E-state index in [0.29, 0.717) is 0 Å². The molecule has 4 heteroatoms. The summed E-state index contributed by atoms with van der Waals surface area (Å²) in [6, 6.07) is 5.70. The van der Waals surface area contributed by atoms with E-state index in [9.17, 15) is 0 Å². The lowest BCUT2D eigenvalue weighted by Crippen LogP contribution is -1.85. The van der Waals surface area contributed by atoms with Crippen LogP contribution in [0.25, 0.3) is 0 Å². The van der Waals surface area contributed by atoms with E-state index in [1.165, 1.54) is 24.3 Å². The number of hydrogen-bond donors (Lipinski definition) is 4. The van der Waals surface area contributed by atoms with Crippen LogP contribution in [0.5, 0.6) is 11.5 Å². The highest BCUT2D eigenvalue weighted by Crippen LogP contribution is 2.13. The summed E-state index contributed by atoms with van der Waals surface area (Å²) >= 11 is 0. The molecule has 0 aliphatic heterocycles. The molecule has 1 aromatic rings. The lowest BCUT2D eigenvalue weighted by Gasteiger charge is -1.88. The lowest BCUT2D eigenvalue weighted by molar-refractivity contribution is 0.186. The summed E-state index contributed by atoms with van der Waals surface area (Å²) in [4.78, 5) is 0. The fourth-order valence-electron chi connectivity index (χ4n) is 0.453. The highest BCUT2D eigenvalue weighted by molar-refractivity contribution is 5.28. The quantitative estimate of drug-likeness (QED) is 0.452. The highest BCUT2D eigenvalue weighted by Gasteiger charge is 1.84. The van der Waals surface area contributed by atoms with E-state index in [-0.39, 0.29) is 24.7 Å². The van der Waals surface area contributed by atoms with Crippen LogP contribution in [0.4, 0.5) is 0 Å². The molecule has 1 rings (SSSR count). The molecule has 68 valence electrons. The van der Waals surface area contributed by atoms with E-state index in [1.807, 2.05) is 0 Å². The zero-order chi connectivity index (χ0) is 9.40. The lowest BCUT2D eigenvalue weighted by atomic mass is 10.3. The van der Waals surface area contributed by atoms with Crippen LogP contribution in [0.1, 0.15) is 0 Å². The van der Waals surface area contributed by atoms with Crippen LogP contribution in [-0.4, -0.2) is 33.6 Å². The normalized spacial score (nSPS) is 8.50. The second-order valence-corrected chi connectivity index (χ2v) is 1.96. The summed E-state index contributed by atoms with van der Waals surface area (Å²) in [5, 5.41) is 32.5. The van der Waals surface area contributed by atoms with Gasteiger partial charge in [-0.3, -0.25) is 0 Å². The number of hydrogen-bond acceptors (Lipinski definition) is 4. The molecule has 0 aliphatic rings. The summed E-state index contributed by atoms with van der Waals surface area (Å²) in [6.45, 7) is -0.250. The van der Waals surface area contributed by atoms with Gasteiger partial charge in [-0.25, -0.2) is 0 Å². The van der Waals surface area contributed by atoms with Crippen LogP contribution in [-0.2, 0) is 0 Å². The third kappa shape index (κ3) is 5.52. The van der Waals surface area contributed by atoms with E-state index in [1.54, 1.807) is 0 Å². The van der Waals surface area contributed by atoms with Crippen LogP contribution >= 0.6 is 0 Å². The second-order valence-electron chi connectivity index (χ2n) is 1.96. The standard InChI is InChI=1S/C6H6O2.C2H6O2/c7-5-1-2-6(8)4-3-5;3-1-2-4/h1-4,7-8H;3-4H,1-2H2. The van der Waals surface area contributed by atoms with Crippen molar-refractivity contribution in [3.63, 3.8) is 0 Å². The molecule has 0 atom stereocenters. The number of aliphatic hydroxyl groups excluding tert-OH is 2. The van der Waals surface area contributed by atoms with Crippen LogP contribution in [0.2, 0.25) is 0 Å². The van der Waals surface area contributed by atoms with Crippen molar-refractivity contribution in [2.75, 3.05) is 13.2 Å². The SMILES string of the molecule is OCCO.Oc1ccc(O)cc1. The average molecular weight is 172 g/mol. The Morgan fingerprint density at radius 1 is 0.750 bits per heavy atom. The minimum Gasteiger partial charge on any atom is -0.508 e. The molecule has 0 aromatic heterocycles. The maximum Gasteiger partial charge on any atom is 0.115 e. The van der Waals surface area contributed by atoms with Crippen molar-refractivity contribution in [3.05, 3.63) is 24.3 Å². The number of aliphatic hydroxyl groups is 2. The minimum atomic E-state index is -0.125. The van der Waals surface area contributed by atoms with Gasteiger partial charge in [-0.05, 0) is 24.3 Å². The topological polar surface area (TPSA) is 80.9 Å². The molecule has 0 radical (unpaired) electrons. The van der Waals surface area contributed by atoms with Gasteiger partial charge in [0.1, 0.15) is 11.5 Å². The first-order chi connectivity index (χ1) is 5.70. The number of rotatable bonds is 1. The van der Waals surface area contributed by atoms with E-state index in [0.717, 1.165) is 0 Å². The van der Waals surface area contributed by atoms with E-state index >= 15 is 0 Å². The maximum absolute atomic E-state index is 8.65. The zero-order valence-electron chi connectivity index (χ0n) is 6.51. The summed E-state index contributed by atoms with van der Waals surface area (Å²) < 4.78 is 0. The van der Waals surface area contributed by atoms with Crippen LogP contribution in [0.3, 0.4) is 0 Å². The molecule has 0 saturated heterocycles. The van der Waals surface area contributed by atoms with Crippen molar-refractivity contribution in [1.82, 2.24) is 0 Å². The molecule has 4 nitrogen and oxygen atoms in total. The number of phenols is 2. The van der Waals surface area contributed by atoms with Crippen molar-refractivity contribution >= 4 is 0 Å². The van der Waals surface area contributed by atoms with Crippen LogP contribution in [0.15, 0.2) is 24.3 Å². The van der Waals surface area contributed by atoms with Crippen LogP contribution in [0, 0.1) is 0 Å². The van der Waals surface area contributed by atoms with Gasteiger partial charge >= 0.3 is 0 Å². The summed E-state index contributed by atoms with van der Waals surface area (Å²) in [7, 11) is 0. The smallest absolute Gasteiger partial charge is 0.115 e. The van der Waals surface area contributed by atoms with Crippen molar-refractivity contribution in [1.29, 1.82) is 0 Å². The van der Waals surface area contributed by atoms with Gasteiger partial charge in [0.25, 0.3) is 0 Å². The van der Waals surface area contributed by atoms with E-state index < -0.39 is 0 Å². The fraction of sp³-hybridized carbons (Fsp3) is 0.250. The summed E-state index contributed by atoms with van der Waals surface area (Å²) in [6.07, 6.45) is 0. The second kappa shape index (κ2) is 6.45. The van der Waals surface area contributed by atoms with Crippen LogP contribution < -0.4 is 0 Å². The molecule has 12 heavy (non-hydrogen) atoms. The molecule has 1 aromatic carbocycles. The first kappa shape index (κ1) is 10.7. The fourth-order valence-corrected chi connectivity index (χ4v) is 0.453. The van der Waals surface area contributed by atoms with Gasteiger partial charge in [-0.1, -0.05) is 0 Å². The Hall–Kier alpha value is -1.26. The third-order valence-corrected chi connectivity index (χ3v) is 0.950. The number of phenolic OH excluding ortho intramolecular Hbond substituents is 2. The molecular formula is C8H12O4. The molecule has 0 amide bonds. The summed E-state index contributed by atoms with van der Waals surface area (Å²) in [5.74, 6) is 0.339. The molecule has 0 fully saturated rings. The van der Waals surface area contributed by atoms with Gasteiger partial charge in [-0.15, -0.1) is 0 Å². The van der Waals surface area contributed by atoms with Crippen molar-refractivity contribution in [2.45, 2.75) is 0 Å². The Balaban J connectivity index is 0.000000261.